The summed E-state index contributed by atoms with van der Waals surface area (Å²) in [5, 5.41) is 8.64. The van der Waals surface area contributed by atoms with Gasteiger partial charge in [-0.1, -0.05) is 53.3 Å². The first-order valence-corrected chi connectivity index (χ1v) is 8.52. The minimum atomic E-state index is -1.88. The Morgan fingerprint density at radius 1 is 1.27 bits per heavy atom. The number of carbonyl (C=O) groups is 1. The van der Waals surface area contributed by atoms with Gasteiger partial charge in [-0.15, -0.1) is 5.11 Å². The van der Waals surface area contributed by atoms with Crippen molar-refractivity contribution in [1.29, 1.82) is 0 Å². The Hall–Kier alpha value is -0.350. The van der Waals surface area contributed by atoms with Gasteiger partial charge >= 0.3 is 0 Å². The van der Waals surface area contributed by atoms with Crippen molar-refractivity contribution in [2.24, 2.45) is 22.1 Å². The van der Waals surface area contributed by atoms with Crippen LogP contribution in [-0.4, -0.2) is 10.2 Å². The van der Waals surface area contributed by atoms with E-state index in [1.807, 2.05) is 0 Å². The number of nitrogens with zero attached hydrogens (tertiary/aromatic N) is 2. The Morgan fingerprint density at radius 2 is 1.95 bits per heavy atom. The number of rotatable bonds is 4. The molecular formula is C15H16Cl4N2O. The third-order valence-corrected chi connectivity index (χ3v) is 4.89. The third kappa shape index (κ3) is 4.14. The number of benzene rings is 1. The minimum Gasteiger partial charge on any atom is -0.294 e. The first kappa shape index (κ1) is 18.0. The van der Waals surface area contributed by atoms with Crippen molar-refractivity contribution in [2.75, 3.05) is 0 Å². The predicted octanol–water partition coefficient (Wildman–Crippen LogP) is 6.52. The molecule has 1 aliphatic rings. The third-order valence-electron chi connectivity index (χ3n) is 3.86. The molecule has 0 spiro atoms. The summed E-state index contributed by atoms with van der Waals surface area (Å²) in [4.78, 5) is 12.4. The van der Waals surface area contributed by atoms with E-state index in [4.69, 9.17) is 46.4 Å². The van der Waals surface area contributed by atoms with Crippen LogP contribution in [0.25, 0.3) is 0 Å². The van der Waals surface area contributed by atoms with Crippen molar-refractivity contribution in [3.05, 3.63) is 27.7 Å². The van der Waals surface area contributed by atoms with E-state index in [-0.39, 0.29) is 11.7 Å². The number of alkyl halides is 2. The fraction of sp³-hybridized carbons (Fsp3) is 0.533. The minimum absolute atomic E-state index is 0.161. The second kappa shape index (κ2) is 7.04. The van der Waals surface area contributed by atoms with Crippen LogP contribution >= 0.6 is 46.4 Å². The smallest absolute Gasteiger partial charge is 0.286 e. The Balaban J connectivity index is 2.19. The topological polar surface area (TPSA) is 41.8 Å². The highest BCUT2D eigenvalue weighted by atomic mass is 35.5. The molecule has 0 bridgehead atoms. The summed E-state index contributed by atoms with van der Waals surface area (Å²) in [7, 11) is 0. The molecular weight excluding hydrogens is 366 g/mol. The lowest BCUT2D eigenvalue weighted by molar-refractivity contribution is -0.123. The lowest BCUT2D eigenvalue weighted by atomic mass is 10.0. The van der Waals surface area contributed by atoms with Crippen LogP contribution in [0.1, 0.15) is 31.7 Å². The highest BCUT2D eigenvalue weighted by Gasteiger charge is 2.41. The normalized spacial score (nSPS) is 22.5. The van der Waals surface area contributed by atoms with E-state index in [1.54, 1.807) is 19.1 Å². The van der Waals surface area contributed by atoms with E-state index in [2.05, 4.69) is 17.2 Å². The van der Waals surface area contributed by atoms with E-state index in [0.717, 1.165) is 24.8 Å². The van der Waals surface area contributed by atoms with Gasteiger partial charge in [-0.2, -0.15) is 5.11 Å². The first-order valence-electron chi connectivity index (χ1n) is 7.01. The Labute approximate surface area is 150 Å². The maximum Gasteiger partial charge on any atom is 0.286 e. The lowest BCUT2D eigenvalue weighted by Gasteiger charge is -2.16. The number of hydrogen-bond donors (Lipinski definition) is 0. The second-order valence-corrected chi connectivity index (χ2v) is 7.90. The molecule has 2 atom stereocenters. The molecule has 0 heterocycles. The van der Waals surface area contributed by atoms with Gasteiger partial charge in [0.2, 0.25) is 0 Å². The molecule has 1 saturated carbocycles. The van der Waals surface area contributed by atoms with E-state index < -0.39 is 4.46 Å². The van der Waals surface area contributed by atoms with Crippen LogP contribution in [0.4, 0.5) is 5.69 Å². The number of ketones is 1. The van der Waals surface area contributed by atoms with Gasteiger partial charge in [0.05, 0.1) is 5.02 Å². The Bertz CT molecular complexity index is 593. The zero-order chi connectivity index (χ0) is 16.5. The standard InChI is InChI=1S/C15H16Cl4N2O/c1-8-3-4-10(5-8)14(22)15(18,19)21-20-13-9(2)6-11(16)7-12(13)17/h6-8,10H,3-5H2,1-2H3. The summed E-state index contributed by atoms with van der Waals surface area (Å²) < 4.78 is -1.88. The van der Waals surface area contributed by atoms with Gasteiger partial charge in [0.1, 0.15) is 5.69 Å². The molecule has 2 rings (SSSR count). The molecule has 7 heteroatoms. The van der Waals surface area contributed by atoms with Crippen molar-refractivity contribution in [3.63, 3.8) is 0 Å². The highest BCUT2D eigenvalue weighted by Crippen LogP contribution is 2.39. The largest absolute Gasteiger partial charge is 0.294 e. The molecule has 2 unspecified atom stereocenters. The molecule has 0 saturated heterocycles. The molecule has 0 aliphatic heterocycles. The monoisotopic (exact) mass is 380 g/mol. The van der Waals surface area contributed by atoms with Gasteiger partial charge in [-0.25, -0.2) is 0 Å². The maximum atomic E-state index is 12.4. The predicted molar refractivity (Wildman–Crippen MR) is 91.7 cm³/mol. The first-order chi connectivity index (χ1) is 10.2. The van der Waals surface area contributed by atoms with Crippen LogP contribution in [0.15, 0.2) is 22.4 Å². The van der Waals surface area contributed by atoms with Crippen LogP contribution in [-0.2, 0) is 4.79 Å². The second-order valence-electron chi connectivity index (χ2n) is 5.77. The zero-order valence-electron chi connectivity index (χ0n) is 12.2. The van der Waals surface area contributed by atoms with Gasteiger partial charge < -0.3 is 0 Å². The molecule has 0 N–H and O–H groups in total. The lowest BCUT2D eigenvalue weighted by Crippen LogP contribution is -2.29. The Morgan fingerprint density at radius 3 is 2.50 bits per heavy atom. The van der Waals surface area contributed by atoms with Gasteiger partial charge in [0.25, 0.3) is 4.46 Å². The summed E-state index contributed by atoms with van der Waals surface area (Å²) in [5.41, 5.74) is 1.14. The fourth-order valence-corrected chi connectivity index (χ4v) is 3.69. The summed E-state index contributed by atoms with van der Waals surface area (Å²) in [6, 6.07) is 3.25. The van der Waals surface area contributed by atoms with Crippen LogP contribution in [0.2, 0.25) is 10.0 Å². The number of Topliss-reactive ketones (excluding diaryl/α,β-unsaturated/α-hetero) is 1. The quantitative estimate of drug-likeness (QED) is 0.332. The van der Waals surface area contributed by atoms with Crippen molar-refractivity contribution >= 4 is 57.9 Å². The van der Waals surface area contributed by atoms with E-state index in [9.17, 15) is 4.79 Å². The zero-order valence-corrected chi connectivity index (χ0v) is 15.3. The van der Waals surface area contributed by atoms with Gasteiger partial charge in [0.15, 0.2) is 5.78 Å². The summed E-state index contributed by atoms with van der Waals surface area (Å²) in [6.07, 6.45) is 2.58. The fourth-order valence-electron chi connectivity index (χ4n) is 2.67. The van der Waals surface area contributed by atoms with Crippen LogP contribution < -0.4 is 0 Å². The summed E-state index contributed by atoms with van der Waals surface area (Å²) in [5.74, 6) is 0.0420. The number of carbonyl (C=O) groups excluding carboxylic acids is 1. The molecule has 0 aromatic heterocycles. The molecule has 0 amide bonds. The molecule has 120 valence electrons. The molecule has 0 radical (unpaired) electrons. The molecule has 3 nitrogen and oxygen atoms in total. The SMILES string of the molecule is Cc1cc(Cl)cc(Cl)c1N=NC(Cl)(Cl)C(=O)C1CCC(C)C1. The maximum absolute atomic E-state index is 12.4. The highest BCUT2D eigenvalue weighted by molar-refractivity contribution is 6.58. The molecule has 22 heavy (non-hydrogen) atoms. The van der Waals surface area contributed by atoms with Crippen LogP contribution in [0, 0.1) is 18.8 Å². The molecule has 1 aromatic rings. The summed E-state index contributed by atoms with van der Waals surface area (Å²) >= 11 is 24.2. The van der Waals surface area contributed by atoms with Gasteiger partial charge in [-0.05, 0) is 49.8 Å². The van der Waals surface area contributed by atoms with Gasteiger partial charge in [0, 0.05) is 10.9 Å². The Kier molecular flexibility index (Phi) is 5.76. The average molecular weight is 382 g/mol. The summed E-state index contributed by atoms with van der Waals surface area (Å²) in [6.45, 7) is 3.90. The number of halogens is 4. The number of azo groups is 1. The van der Waals surface area contributed by atoms with Crippen molar-refractivity contribution in [3.8, 4) is 0 Å². The molecule has 1 fully saturated rings. The van der Waals surface area contributed by atoms with E-state index in [1.165, 1.54) is 0 Å². The average Bonchev–Trinajstić information content (AvgIpc) is 2.83. The number of hydrogen-bond acceptors (Lipinski definition) is 3. The number of aryl methyl sites for hydroxylation is 1. The van der Waals surface area contributed by atoms with E-state index in [0.29, 0.717) is 21.7 Å². The van der Waals surface area contributed by atoms with Crippen molar-refractivity contribution < 1.29 is 4.79 Å². The van der Waals surface area contributed by atoms with Crippen LogP contribution in [0.5, 0.6) is 0 Å². The molecule has 1 aromatic carbocycles. The van der Waals surface area contributed by atoms with Crippen molar-refractivity contribution in [1.82, 2.24) is 0 Å². The van der Waals surface area contributed by atoms with Crippen LogP contribution in [0.3, 0.4) is 0 Å². The molecule has 1 aliphatic carbocycles. The van der Waals surface area contributed by atoms with Gasteiger partial charge in [-0.3, -0.25) is 4.79 Å². The van der Waals surface area contributed by atoms with E-state index >= 15 is 0 Å². The van der Waals surface area contributed by atoms with Crippen molar-refractivity contribution in [2.45, 2.75) is 37.6 Å².